The standard InChI is InChI=1S/C14H14ClN3O3/c1-20-8-17-11-6-10(15)7-12(14(11)19)18-9-21-13-4-2-3-5-16-13/h2-8,18-19H,9H2,1H3. The first kappa shape index (κ1) is 14.9. The summed E-state index contributed by atoms with van der Waals surface area (Å²) in [5.41, 5.74) is 0.700. The van der Waals surface area contributed by atoms with E-state index in [9.17, 15) is 5.11 Å². The zero-order valence-electron chi connectivity index (χ0n) is 11.3. The number of aromatic nitrogens is 1. The molecule has 0 amide bonds. The fourth-order valence-corrected chi connectivity index (χ4v) is 1.76. The van der Waals surface area contributed by atoms with Crippen LogP contribution >= 0.6 is 11.6 Å². The summed E-state index contributed by atoms with van der Waals surface area (Å²) in [4.78, 5) is 7.95. The fourth-order valence-electron chi connectivity index (χ4n) is 1.55. The highest BCUT2D eigenvalue weighted by molar-refractivity contribution is 6.31. The molecule has 110 valence electrons. The molecule has 2 aromatic rings. The first-order valence-corrected chi connectivity index (χ1v) is 6.44. The van der Waals surface area contributed by atoms with Crippen LogP contribution in [0.1, 0.15) is 0 Å². The largest absolute Gasteiger partial charge is 0.504 e. The second kappa shape index (κ2) is 7.35. The van der Waals surface area contributed by atoms with Gasteiger partial charge in [0.2, 0.25) is 5.88 Å². The quantitative estimate of drug-likeness (QED) is 0.371. The first-order valence-electron chi connectivity index (χ1n) is 6.06. The number of rotatable bonds is 6. The molecule has 0 unspecified atom stereocenters. The Morgan fingerprint density at radius 3 is 3.00 bits per heavy atom. The van der Waals surface area contributed by atoms with E-state index in [2.05, 4.69) is 15.3 Å². The van der Waals surface area contributed by atoms with Gasteiger partial charge in [0.25, 0.3) is 0 Å². The van der Waals surface area contributed by atoms with Crippen LogP contribution in [0.25, 0.3) is 0 Å². The molecule has 21 heavy (non-hydrogen) atoms. The van der Waals surface area contributed by atoms with Crippen molar-refractivity contribution in [1.82, 2.24) is 4.98 Å². The molecule has 0 saturated carbocycles. The summed E-state index contributed by atoms with van der Waals surface area (Å²) in [6, 6.07) is 8.44. The molecule has 0 aliphatic rings. The zero-order valence-corrected chi connectivity index (χ0v) is 12.0. The van der Waals surface area contributed by atoms with Crippen molar-refractivity contribution in [3.63, 3.8) is 0 Å². The molecule has 0 spiro atoms. The number of methoxy groups -OCH3 is 1. The van der Waals surface area contributed by atoms with Crippen LogP contribution in [-0.2, 0) is 4.74 Å². The molecule has 2 rings (SSSR count). The van der Waals surface area contributed by atoms with Gasteiger partial charge in [0.05, 0.1) is 12.8 Å². The van der Waals surface area contributed by atoms with E-state index in [1.165, 1.54) is 19.6 Å². The van der Waals surface area contributed by atoms with Crippen LogP contribution in [0.3, 0.4) is 0 Å². The summed E-state index contributed by atoms with van der Waals surface area (Å²) in [7, 11) is 1.46. The molecule has 2 N–H and O–H groups in total. The van der Waals surface area contributed by atoms with Crippen LogP contribution in [0.15, 0.2) is 41.5 Å². The molecule has 7 heteroatoms. The first-order chi connectivity index (χ1) is 10.2. The van der Waals surface area contributed by atoms with Gasteiger partial charge in [0.1, 0.15) is 5.69 Å². The van der Waals surface area contributed by atoms with Gasteiger partial charge in [-0.25, -0.2) is 9.98 Å². The van der Waals surface area contributed by atoms with Crippen molar-refractivity contribution in [3.8, 4) is 11.6 Å². The number of benzene rings is 1. The van der Waals surface area contributed by atoms with Gasteiger partial charge in [-0.15, -0.1) is 0 Å². The van der Waals surface area contributed by atoms with E-state index in [1.54, 1.807) is 24.4 Å². The normalized spacial score (nSPS) is 10.6. The van der Waals surface area contributed by atoms with E-state index in [1.807, 2.05) is 6.07 Å². The molecule has 0 radical (unpaired) electrons. The Kier molecular flexibility index (Phi) is 5.22. The van der Waals surface area contributed by atoms with Gasteiger partial charge in [0, 0.05) is 17.3 Å². The van der Waals surface area contributed by atoms with E-state index in [-0.39, 0.29) is 12.5 Å². The molecule has 1 heterocycles. The number of hydrogen-bond acceptors (Lipinski definition) is 6. The molecular weight excluding hydrogens is 294 g/mol. The highest BCUT2D eigenvalue weighted by Crippen LogP contribution is 2.37. The van der Waals surface area contributed by atoms with Crippen molar-refractivity contribution in [1.29, 1.82) is 0 Å². The minimum absolute atomic E-state index is 0.0441. The predicted molar refractivity (Wildman–Crippen MR) is 81.6 cm³/mol. The van der Waals surface area contributed by atoms with Crippen LogP contribution in [0.4, 0.5) is 11.4 Å². The maximum Gasteiger partial charge on any atom is 0.214 e. The Morgan fingerprint density at radius 2 is 2.29 bits per heavy atom. The van der Waals surface area contributed by atoms with Gasteiger partial charge in [-0.1, -0.05) is 17.7 Å². The number of nitrogens with one attached hydrogen (secondary N) is 1. The average Bonchev–Trinajstić information content (AvgIpc) is 2.50. The minimum Gasteiger partial charge on any atom is -0.504 e. The van der Waals surface area contributed by atoms with Crippen molar-refractivity contribution in [3.05, 3.63) is 41.6 Å². The molecule has 1 aromatic heterocycles. The second-order valence-corrected chi connectivity index (χ2v) is 4.36. The third-order valence-electron chi connectivity index (χ3n) is 2.47. The zero-order chi connectivity index (χ0) is 15.1. The molecule has 0 bridgehead atoms. The fraction of sp³-hybridized carbons (Fsp3) is 0.143. The lowest BCUT2D eigenvalue weighted by Gasteiger charge is -2.11. The number of hydrogen-bond donors (Lipinski definition) is 2. The van der Waals surface area contributed by atoms with Crippen molar-refractivity contribution in [2.45, 2.75) is 0 Å². The monoisotopic (exact) mass is 307 g/mol. The summed E-state index contributed by atoms with van der Waals surface area (Å²) in [6.45, 7) is 0.123. The lowest BCUT2D eigenvalue weighted by molar-refractivity contribution is 0.332. The van der Waals surface area contributed by atoms with Crippen LogP contribution in [0.2, 0.25) is 5.02 Å². The SMILES string of the molecule is COC=Nc1cc(Cl)cc(NCOc2ccccn2)c1O. The number of nitrogens with zero attached hydrogens (tertiary/aromatic N) is 2. The van der Waals surface area contributed by atoms with E-state index in [0.717, 1.165) is 0 Å². The smallest absolute Gasteiger partial charge is 0.214 e. The Balaban J connectivity index is 2.05. The topological polar surface area (TPSA) is 76.0 Å². The Hall–Kier alpha value is -2.47. The van der Waals surface area contributed by atoms with Crippen molar-refractivity contribution < 1.29 is 14.6 Å². The number of anilines is 1. The maximum atomic E-state index is 10.1. The minimum atomic E-state index is -0.0441. The van der Waals surface area contributed by atoms with E-state index < -0.39 is 0 Å². The molecular formula is C14H14ClN3O3. The van der Waals surface area contributed by atoms with Crippen molar-refractivity contribution >= 4 is 29.4 Å². The molecule has 0 saturated heterocycles. The van der Waals surface area contributed by atoms with Crippen molar-refractivity contribution in [2.24, 2.45) is 4.99 Å². The molecule has 1 aromatic carbocycles. The van der Waals surface area contributed by atoms with Crippen LogP contribution in [-0.4, -0.2) is 30.3 Å². The summed E-state index contributed by atoms with van der Waals surface area (Å²) < 4.78 is 10.1. The predicted octanol–water partition coefficient (Wildman–Crippen LogP) is 3.20. The van der Waals surface area contributed by atoms with E-state index >= 15 is 0 Å². The van der Waals surface area contributed by atoms with Crippen LogP contribution in [0.5, 0.6) is 11.6 Å². The number of phenols is 1. The summed E-state index contributed by atoms with van der Waals surface area (Å²) in [5.74, 6) is 0.432. The summed E-state index contributed by atoms with van der Waals surface area (Å²) >= 11 is 5.98. The van der Waals surface area contributed by atoms with Crippen molar-refractivity contribution in [2.75, 3.05) is 19.2 Å². The third-order valence-corrected chi connectivity index (χ3v) is 2.69. The molecule has 0 aliphatic carbocycles. The van der Waals surface area contributed by atoms with Gasteiger partial charge >= 0.3 is 0 Å². The van der Waals surface area contributed by atoms with Crippen LogP contribution in [0, 0.1) is 0 Å². The van der Waals surface area contributed by atoms with E-state index in [0.29, 0.717) is 22.3 Å². The molecule has 0 aliphatic heterocycles. The highest BCUT2D eigenvalue weighted by Gasteiger charge is 2.08. The van der Waals surface area contributed by atoms with Gasteiger partial charge < -0.3 is 19.9 Å². The number of aliphatic imine (C=N–C) groups is 1. The molecule has 0 fully saturated rings. The number of ether oxygens (including phenoxy) is 2. The Morgan fingerprint density at radius 1 is 1.43 bits per heavy atom. The Bertz CT molecular complexity index is 620. The molecule has 6 nitrogen and oxygen atoms in total. The summed E-state index contributed by atoms with van der Waals surface area (Å²) in [5, 5.41) is 13.4. The summed E-state index contributed by atoms with van der Waals surface area (Å²) in [6.07, 6.45) is 2.84. The van der Waals surface area contributed by atoms with E-state index in [4.69, 9.17) is 21.1 Å². The lowest BCUT2D eigenvalue weighted by atomic mass is 10.2. The lowest BCUT2D eigenvalue weighted by Crippen LogP contribution is -2.09. The van der Waals surface area contributed by atoms with Gasteiger partial charge in [-0.05, 0) is 18.2 Å². The number of halogens is 1. The van der Waals surface area contributed by atoms with Gasteiger partial charge in [-0.2, -0.15) is 0 Å². The number of pyridine rings is 1. The average molecular weight is 308 g/mol. The molecule has 0 atom stereocenters. The Labute approximate surface area is 127 Å². The van der Waals surface area contributed by atoms with Gasteiger partial charge in [-0.3, -0.25) is 0 Å². The highest BCUT2D eigenvalue weighted by atomic mass is 35.5. The maximum absolute atomic E-state index is 10.1. The second-order valence-electron chi connectivity index (χ2n) is 3.92. The number of phenolic OH excluding ortho intramolecular Hbond substituents is 1. The van der Waals surface area contributed by atoms with Crippen LogP contribution < -0.4 is 10.1 Å². The third kappa shape index (κ3) is 4.25. The van der Waals surface area contributed by atoms with Gasteiger partial charge in [0.15, 0.2) is 18.9 Å². The number of aromatic hydroxyl groups is 1.